The molecule has 0 heterocycles. The number of carbonyl (C=O) groups excluding carboxylic acids is 1. The molecule has 7 heteroatoms. The van der Waals surface area contributed by atoms with E-state index in [4.69, 9.17) is 5.11 Å². The van der Waals surface area contributed by atoms with Crippen LogP contribution in [-0.2, 0) is 22.2 Å². The van der Waals surface area contributed by atoms with Crippen LogP contribution in [0.25, 0.3) is 0 Å². The van der Waals surface area contributed by atoms with Gasteiger partial charge in [-0.3, -0.25) is 9.59 Å². The highest BCUT2D eigenvalue weighted by Gasteiger charge is 2.37. The number of hydrogen-bond donors (Lipinski definition) is 1. The summed E-state index contributed by atoms with van der Waals surface area (Å²) in [4.78, 5) is 20.8. The zero-order chi connectivity index (χ0) is 14.8. The van der Waals surface area contributed by atoms with Crippen LogP contribution in [0.3, 0.4) is 0 Å². The predicted molar refractivity (Wildman–Crippen MR) is 65.1 cm³/mol. The van der Waals surface area contributed by atoms with E-state index in [-0.39, 0.29) is 11.1 Å². The summed E-state index contributed by atoms with van der Waals surface area (Å²) in [5.74, 6) is -1.79. The van der Waals surface area contributed by atoms with Crippen LogP contribution >= 0.6 is 15.9 Å². The van der Waals surface area contributed by atoms with E-state index in [9.17, 15) is 22.8 Å². The Kier molecular flexibility index (Phi) is 4.73. The lowest BCUT2D eigenvalue weighted by atomic mass is 9.94. The van der Waals surface area contributed by atoms with Crippen LogP contribution in [-0.4, -0.2) is 16.9 Å². The highest BCUT2D eigenvalue weighted by atomic mass is 79.9. The van der Waals surface area contributed by atoms with Crippen molar-refractivity contribution in [2.45, 2.75) is 24.3 Å². The van der Waals surface area contributed by atoms with Crippen LogP contribution in [0.1, 0.15) is 28.4 Å². The number of halogens is 4. The molecule has 0 aromatic heterocycles. The van der Waals surface area contributed by atoms with Crippen molar-refractivity contribution in [2.24, 2.45) is 0 Å². The van der Waals surface area contributed by atoms with E-state index in [1.54, 1.807) is 0 Å². The SMILES string of the molecule is CC(=O)C(Br)c1c(CC(=O)O)cccc1C(F)(F)F. The molecule has 3 nitrogen and oxygen atoms in total. The first-order valence-electron chi connectivity index (χ1n) is 5.20. The van der Waals surface area contributed by atoms with E-state index in [0.29, 0.717) is 0 Å². The molecular weight excluding hydrogens is 329 g/mol. The maximum atomic E-state index is 12.9. The zero-order valence-corrected chi connectivity index (χ0v) is 11.4. The summed E-state index contributed by atoms with van der Waals surface area (Å²) < 4.78 is 38.7. The number of rotatable bonds is 4. The number of carboxylic acids is 1. The van der Waals surface area contributed by atoms with Crippen LogP contribution in [0, 0.1) is 0 Å². The minimum Gasteiger partial charge on any atom is -0.481 e. The molecule has 1 unspecified atom stereocenters. The minimum atomic E-state index is -4.65. The van der Waals surface area contributed by atoms with Crippen LogP contribution in [0.15, 0.2) is 18.2 Å². The molecule has 0 spiro atoms. The van der Waals surface area contributed by atoms with Crippen LogP contribution in [0.2, 0.25) is 0 Å². The van der Waals surface area contributed by atoms with E-state index in [1.807, 2.05) is 0 Å². The second kappa shape index (κ2) is 5.73. The average Bonchev–Trinajstić information content (AvgIpc) is 2.25. The van der Waals surface area contributed by atoms with Crippen molar-refractivity contribution in [3.63, 3.8) is 0 Å². The Morgan fingerprint density at radius 3 is 2.37 bits per heavy atom. The molecule has 0 fully saturated rings. The topological polar surface area (TPSA) is 54.4 Å². The lowest BCUT2D eigenvalue weighted by molar-refractivity contribution is -0.139. The number of hydrogen-bond acceptors (Lipinski definition) is 2. The van der Waals surface area contributed by atoms with Crippen molar-refractivity contribution in [1.82, 2.24) is 0 Å². The molecule has 1 N–H and O–H groups in total. The number of alkyl halides is 4. The quantitative estimate of drug-likeness (QED) is 0.856. The third-order valence-corrected chi connectivity index (χ3v) is 3.56. The summed E-state index contributed by atoms with van der Waals surface area (Å²) >= 11 is 2.89. The van der Waals surface area contributed by atoms with Gasteiger partial charge in [-0.25, -0.2) is 0 Å². The Bertz CT molecular complexity index is 511. The van der Waals surface area contributed by atoms with Crippen LogP contribution in [0.5, 0.6) is 0 Å². The van der Waals surface area contributed by atoms with E-state index >= 15 is 0 Å². The third-order valence-electron chi connectivity index (χ3n) is 2.45. The summed E-state index contributed by atoms with van der Waals surface area (Å²) in [6.45, 7) is 1.14. The van der Waals surface area contributed by atoms with Gasteiger partial charge in [-0.05, 0) is 24.1 Å². The Labute approximate surface area is 115 Å². The molecule has 19 heavy (non-hydrogen) atoms. The molecule has 0 aliphatic carbocycles. The summed E-state index contributed by atoms with van der Waals surface area (Å²) in [5.41, 5.74) is -1.35. The van der Waals surface area contributed by atoms with Gasteiger partial charge in [0.25, 0.3) is 0 Å². The summed E-state index contributed by atoms with van der Waals surface area (Å²) in [6.07, 6.45) is -5.22. The first-order valence-corrected chi connectivity index (χ1v) is 6.11. The lowest BCUT2D eigenvalue weighted by Crippen LogP contribution is -2.17. The maximum Gasteiger partial charge on any atom is 0.416 e. The second-order valence-electron chi connectivity index (χ2n) is 3.92. The van der Waals surface area contributed by atoms with Gasteiger partial charge in [0.05, 0.1) is 16.8 Å². The van der Waals surface area contributed by atoms with Crippen molar-refractivity contribution in [1.29, 1.82) is 0 Å². The molecular formula is C12H10BrF3O3. The van der Waals surface area contributed by atoms with E-state index < -0.39 is 34.7 Å². The molecule has 0 radical (unpaired) electrons. The largest absolute Gasteiger partial charge is 0.481 e. The molecule has 1 rings (SSSR count). The second-order valence-corrected chi connectivity index (χ2v) is 4.84. The molecule has 0 amide bonds. The fourth-order valence-electron chi connectivity index (χ4n) is 1.68. The summed E-state index contributed by atoms with van der Waals surface area (Å²) in [5, 5.41) is 8.72. The Morgan fingerprint density at radius 1 is 1.37 bits per heavy atom. The molecule has 0 bridgehead atoms. The fourth-order valence-corrected chi connectivity index (χ4v) is 2.22. The molecule has 1 aromatic rings. The van der Waals surface area contributed by atoms with Gasteiger partial charge in [0.1, 0.15) is 5.78 Å². The predicted octanol–water partition coefficient (Wildman–Crippen LogP) is 3.36. The van der Waals surface area contributed by atoms with E-state index in [1.165, 1.54) is 6.07 Å². The smallest absolute Gasteiger partial charge is 0.416 e. The molecule has 0 saturated carbocycles. The Balaban J connectivity index is 3.49. The Hall–Kier alpha value is -1.37. The standard InChI is InChI=1S/C12H10BrF3O3/c1-6(17)11(13)10-7(5-9(18)19)3-2-4-8(10)12(14,15)16/h2-4,11H,5H2,1H3,(H,18,19). The number of Topliss-reactive ketones (excluding diaryl/α,β-unsaturated/α-hetero) is 1. The monoisotopic (exact) mass is 338 g/mol. The Morgan fingerprint density at radius 2 is 1.95 bits per heavy atom. The molecule has 1 aromatic carbocycles. The van der Waals surface area contributed by atoms with Crippen LogP contribution < -0.4 is 0 Å². The number of benzene rings is 1. The zero-order valence-electron chi connectivity index (χ0n) is 9.79. The number of carbonyl (C=O) groups is 2. The number of ketones is 1. The van der Waals surface area contributed by atoms with Gasteiger partial charge in [0, 0.05) is 0 Å². The van der Waals surface area contributed by atoms with Gasteiger partial charge in [-0.2, -0.15) is 13.2 Å². The van der Waals surface area contributed by atoms with Gasteiger partial charge in [0.2, 0.25) is 0 Å². The molecule has 0 aliphatic heterocycles. The van der Waals surface area contributed by atoms with Gasteiger partial charge in [-0.15, -0.1) is 0 Å². The maximum absolute atomic E-state index is 12.9. The van der Waals surface area contributed by atoms with Gasteiger partial charge >= 0.3 is 12.1 Å². The highest BCUT2D eigenvalue weighted by Crippen LogP contribution is 2.39. The third kappa shape index (κ3) is 3.79. The van der Waals surface area contributed by atoms with Crippen molar-refractivity contribution in [2.75, 3.05) is 0 Å². The first kappa shape index (κ1) is 15.7. The van der Waals surface area contributed by atoms with Crippen molar-refractivity contribution in [3.05, 3.63) is 34.9 Å². The van der Waals surface area contributed by atoms with E-state index in [2.05, 4.69) is 15.9 Å². The summed E-state index contributed by atoms with van der Waals surface area (Å²) in [6, 6.07) is 3.23. The minimum absolute atomic E-state index is 0.0283. The first-order chi connectivity index (χ1) is 8.64. The molecule has 1 atom stereocenters. The normalized spacial score (nSPS) is 13.1. The number of carboxylic acid groups (broad SMARTS) is 1. The van der Waals surface area contributed by atoms with Crippen molar-refractivity contribution >= 4 is 27.7 Å². The number of aliphatic carboxylic acids is 1. The molecule has 104 valence electrons. The fraction of sp³-hybridized carbons (Fsp3) is 0.333. The van der Waals surface area contributed by atoms with Crippen LogP contribution in [0.4, 0.5) is 13.2 Å². The van der Waals surface area contributed by atoms with Crippen molar-refractivity contribution in [3.8, 4) is 0 Å². The lowest BCUT2D eigenvalue weighted by Gasteiger charge is -2.18. The van der Waals surface area contributed by atoms with Gasteiger partial charge in [-0.1, -0.05) is 28.1 Å². The van der Waals surface area contributed by atoms with Gasteiger partial charge in [0.15, 0.2) is 0 Å². The summed E-state index contributed by atoms with van der Waals surface area (Å²) in [7, 11) is 0. The van der Waals surface area contributed by atoms with Crippen molar-refractivity contribution < 1.29 is 27.9 Å². The molecule has 0 aliphatic rings. The molecule has 0 saturated heterocycles. The van der Waals surface area contributed by atoms with Gasteiger partial charge < -0.3 is 5.11 Å². The average molecular weight is 339 g/mol. The highest BCUT2D eigenvalue weighted by molar-refractivity contribution is 9.09. The van der Waals surface area contributed by atoms with E-state index in [0.717, 1.165) is 19.1 Å².